The third-order valence-electron chi connectivity index (χ3n) is 4.44. The summed E-state index contributed by atoms with van der Waals surface area (Å²) in [6, 6.07) is 10.4. The van der Waals surface area contributed by atoms with Crippen LogP contribution >= 0.6 is 0 Å². The van der Waals surface area contributed by atoms with E-state index < -0.39 is 20.5 Å². The monoisotopic (exact) mass is 388 g/mol. The molecule has 1 N–H and O–H groups in total. The summed E-state index contributed by atoms with van der Waals surface area (Å²) in [5, 5.41) is 1.88. The molecule has 0 unspecified atom stereocenters. The van der Waals surface area contributed by atoms with Gasteiger partial charge in [-0.2, -0.15) is 0 Å². The van der Waals surface area contributed by atoms with Gasteiger partial charge in [-0.3, -0.25) is 9.78 Å². The Bertz CT molecular complexity index is 868. The van der Waals surface area contributed by atoms with Gasteiger partial charge in [-0.25, -0.2) is 8.42 Å². The average molecular weight is 389 g/mol. The number of aromatic nitrogens is 1. The zero-order chi connectivity index (χ0) is 20.2. The predicted molar refractivity (Wildman–Crippen MR) is 107 cm³/mol. The molecule has 1 heterocycles. The first-order valence-electron chi connectivity index (χ1n) is 9.05. The summed E-state index contributed by atoms with van der Waals surface area (Å²) >= 11 is 0. The molecule has 1 amide bonds. The Morgan fingerprint density at radius 2 is 1.70 bits per heavy atom. The Labute approximate surface area is 162 Å². The van der Waals surface area contributed by atoms with E-state index in [1.54, 1.807) is 51.2 Å². The molecule has 0 aliphatic rings. The van der Waals surface area contributed by atoms with E-state index in [-0.39, 0.29) is 17.3 Å². The number of rotatable bonds is 6. The summed E-state index contributed by atoms with van der Waals surface area (Å²) in [6.45, 7) is 9.49. The number of benzene rings is 1. The van der Waals surface area contributed by atoms with E-state index in [4.69, 9.17) is 0 Å². The Balaban J connectivity index is 2.38. The predicted octanol–water partition coefficient (Wildman–Crippen LogP) is 3.88. The molecule has 0 saturated carbocycles. The number of nitrogens with one attached hydrogen (secondary N) is 1. The van der Waals surface area contributed by atoms with Gasteiger partial charge in [0.05, 0.1) is 4.90 Å². The van der Waals surface area contributed by atoms with Gasteiger partial charge in [0.2, 0.25) is 5.91 Å². The zero-order valence-electron chi connectivity index (χ0n) is 16.6. The van der Waals surface area contributed by atoms with Crippen molar-refractivity contribution in [3.8, 4) is 0 Å². The molecule has 0 saturated heterocycles. The highest BCUT2D eigenvalue weighted by atomic mass is 32.2. The smallest absolute Gasteiger partial charge is 0.225 e. The molecule has 6 heteroatoms. The molecular formula is C21H28N2O3S. The lowest BCUT2D eigenvalue weighted by atomic mass is 9.95. The lowest BCUT2D eigenvalue weighted by Gasteiger charge is -2.22. The molecule has 1 aromatic carbocycles. The molecule has 0 spiro atoms. The van der Waals surface area contributed by atoms with Crippen LogP contribution in [-0.4, -0.2) is 25.9 Å². The van der Waals surface area contributed by atoms with E-state index in [1.165, 1.54) is 6.20 Å². The van der Waals surface area contributed by atoms with Crippen molar-refractivity contribution in [2.45, 2.75) is 50.7 Å². The molecule has 27 heavy (non-hydrogen) atoms. The lowest BCUT2D eigenvalue weighted by molar-refractivity contribution is -0.128. The van der Waals surface area contributed by atoms with Crippen molar-refractivity contribution >= 4 is 15.7 Å². The number of pyridine rings is 1. The van der Waals surface area contributed by atoms with Crippen molar-refractivity contribution in [2.24, 2.45) is 5.41 Å². The molecule has 146 valence electrons. The standard InChI is InChI=1S/C21H28N2O3S/c1-15(2)16-8-10-18(11-9-16)27(25,26)19(17-7-6-12-22-13-17)14-23-20(24)21(3,4)5/h6-13,15,19H,14H2,1-5H3,(H,23,24)/t19-/m1/s1. The number of sulfone groups is 1. The van der Waals surface area contributed by atoms with Gasteiger partial charge in [0.25, 0.3) is 0 Å². The van der Waals surface area contributed by atoms with Crippen molar-refractivity contribution in [1.29, 1.82) is 0 Å². The summed E-state index contributed by atoms with van der Waals surface area (Å²) in [5.74, 6) is 0.128. The van der Waals surface area contributed by atoms with Crippen LogP contribution in [0.5, 0.6) is 0 Å². The topological polar surface area (TPSA) is 76.1 Å². The highest BCUT2D eigenvalue weighted by molar-refractivity contribution is 7.91. The Morgan fingerprint density at radius 1 is 1.07 bits per heavy atom. The van der Waals surface area contributed by atoms with E-state index >= 15 is 0 Å². The Hall–Kier alpha value is -2.21. The molecule has 0 aliphatic carbocycles. The number of carbonyl (C=O) groups is 1. The third-order valence-corrected chi connectivity index (χ3v) is 6.55. The van der Waals surface area contributed by atoms with Gasteiger partial charge in [-0.15, -0.1) is 0 Å². The first-order valence-corrected chi connectivity index (χ1v) is 10.6. The second-order valence-corrected chi connectivity index (χ2v) is 10.1. The van der Waals surface area contributed by atoms with Crippen LogP contribution in [0.1, 0.15) is 56.9 Å². The first-order chi connectivity index (χ1) is 12.5. The minimum absolute atomic E-state index is 0.00391. The van der Waals surface area contributed by atoms with E-state index in [1.807, 2.05) is 12.1 Å². The minimum Gasteiger partial charge on any atom is -0.354 e. The molecule has 2 aromatic rings. The van der Waals surface area contributed by atoms with Gasteiger partial charge in [0, 0.05) is 24.4 Å². The fourth-order valence-corrected chi connectivity index (χ4v) is 4.27. The number of hydrogen-bond donors (Lipinski definition) is 1. The van der Waals surface area contributed by atoms with Crippen molar-refractivity contribution in [3.05, 3.63) is 59.9 Å². The molecule has 2 rings (SSSR count). The van der Waals surface area contributed by atoms with Crippen LogP contribution in [0, 0.1) is 5.41 Å². The molecule has 5 nitrogen and oxygen atoms in total. The number of hydrogen-bond acceptors (Lipinski definition) is 4. The summed E-state index contributed by atoms with van der Waals surface area (Å²) in [6.07, 6.45) is 3.13. The van der Waals surface area contributed by atoms with Gasteiger partial charge < -0.3 is 5.32 Å². The summed E-state index contributed by atoms with van der Waals surface area (Å²) in [4.78, 5) is 16.6. The number of nitrogens with zero attached hydrogens (tertiary/aromatic N) is 1. The highest BCUT2D eigenvalue weighted by Gasteiger charge is 2.31. The largest absolute Gasteiger partial charge is 0.354 e. The van der Waals surface area contributed by atoms with Crippen molar-refractivity contribution < 1.29 is 13.2 Å². The number of carbonyl (C=O) groups excluding carboxylic acids is 1. The molecule has 0 radical (unpaired) electrons. The van der Waals surface area contributed by atoms with Crippen LogP contribution in [0.4, 0.5) is 0 Å². The fourth-order valence-electron chi connectivity index (χ4n) is 2.63. The van der Waals surface area contributed by atoms with Crippen molar-refractivity contribution in [1.82, 2.24) is 10.3 Å². The van der Waals surface area contributed by atoms with Crippen LogP contribution in [0.15, 0.2) is 53.7 Å². The van der Waals surface area contributed by atoms with Crippen molar-refractivity contribution in [3.63, 3.8) is 0 Å². The SMILES string of the molecule is CC(C)c1ccc(S(=O)(=O)[C@H](CNC(=O)C(C)(C)C)c2cccnc2)cc1. The second-order valence-electron chi connectivity index (χ2n) is 8.00. The zero-order valence-corrected chi connectivity index (χ0v) is 17.4. The van der Waals surface area contributed by atoms with Gasteiger partial charge in [0.15, 0.2) is 9.84 Å². The van der Waals surface area contributed by atoms with Gasteiger partial charge in [0.1, 0.15) is 5.25 Å². The van der Waals surface area contributed by atoms with Crippen LogP contribution in [-0.2, 0) is 14.6 Å². The van der Waals surface area contributed by atoms with Crippen LogP contribution in [0.25, 0.3) is 0 Å². The van der Waals surface area contributed by atoms with Gasteiger partial charge in [-0.05, 0) is 35.2 Å². The summed E-state index contributed by atoms with van der Waals surface area (Å²) in [7, 11) is -3.69. The second kappa shape index (κ2) is 8.21. The molecular weight excluding hydrogens is 360 g/mol. The number of amides is 1. The third kappa shape index (κ3) is 5.16. The molecule has 0 fully saturated rings. The Morgan fingerprint density at radius 3 is 2.19 bits per heavy atom. The first kappa shape index (κ1) is 21.1. The minimum atomic E-state index is -3.69. The van der Waals surface area contributed by atoms with Gasteiger partial charge >= 0.3 is 0 Å². The molecule has 1 aromatic heterocycles. The normalized spacial score (nSPS) is 13.4. The van der Waals surface area contributed by atoms with Crippen LogP contribution in [0.3, 0.4) is 0 Å². The van der Waals surface area contributed by atoms with Crippen LogP contribution < -0.4 is 5.32 Å². The fraction of sp³-hybridized carbons (Fsp3) is 0.429. The average Bonchev–Trinajstić information content (AvgIpc) is 2.61. The maximum Gasteiger partial charge on any atom is 0.225 e. The highest BCUT2D eigenvalue weighted by Crippen LogP contribution is 2.29. The summed E-state index contributed by atoms with van der Waals surface area (Å²) < 4.78 is 26.6. The van der Waals surface area contributed by atoms with Gasteiger partial charge in [-0.1, -0.05) is 52.8 Å². The van der Waals surface area contributed by atoms with E-state index in [9.17, 15) is 13.2 Å². The van der Waals surface area contributed by atoms with E-state index in [0.29, 0.717) is 11.5 Å². The quantitative estimate of drug-likeness (QED) is 0.815. The Kier molecular flexibility index (Phi) is 6.42. The summed E-state index contributed by atoms with van der Waals surface area (Å²) in [5.41, 5.74) is 1.04. The molecule has 0 bridgehead atoms. The van der Waals surface area contributed by atoms with E-state index in [0.717, 1.165) is 5.56 Å². The maximum absolute atomic E-state index is 13.3. The molecule has 0 aliphatic heterocycles. The lowest BCUT2D eigenvalue weighted by Crippen LogP contribution is -2.38. The van der Waals surface area contributed by atoms with E-state index in [2.05, 4.69) is 24.1 Å². The van der Waals surface area contributed by atoms with Crippen LogP contribution in [0.2, 0.25) is 0 Å². The molecule has 1 atom stereocenters. The van der Waals surface area contributed by atoms with Crippen molar-refractivity contribution in [2.75, 3.05) is 6.54 Å². The maximum atomic E-state index is 13.3.